The zero-order chi connectivity index (χ0) is 21.6. The molecule has 4 aromatic rings. The SMILES string of the molecule is Cc1cccc(C)c1OCc1nc(SCC(=O)Nc2nc(-c3ccccc3)cs2)n[nH]1. The van der Waals surface area contributed by atoms with Crippen LogP contribution >= 0.6 is 23.1 Å². The molecule has 0 aliphatic rings. The van der Waals surface area contributed by atoms with Crippen LogP contribution in [0.3, 0.4) is 0 Å². The molecule has 0 unspecified atom stereocenters. The topological polar surface area (TPSA) is 92.8 Å². The standard InChI is InChI=1S/C22H21N5O2S2/c1-14-7-6-8-15(2)20(14)29-11-18-24-22(27-26-18)31-13-19(28)25-21-23-17(12-30-21)16-9-4-3-5-10-16/h3-10,12H,11,13H2,1-2H3,(H,23,25,28)(H,24,26,27). The third kappa shape index (κ3) is 5.50. The first-order valence-electron chi connectivity index (χ1n) is 9.62. The monoisotopic (exact) mass is 451 g/mol. The predicted octanol–water partition coefficient (Wildman–Crippen LogP) is 4.85. The van der Waals surface area contributed by atoms with Crippen molar-refractivity contribution in [2.45, 2.75) is 25.6 Å². The van der Waals surface area contributed by atoms with Gasteiger partial charge in [0.25, 0.3) is 0 Å². The van der Waals surface area contributed by atoms with Crippen LogP contribution in [0.2, 0.25) is 0 Å². The lowest BCUT2D eigenvalue weighted by molar-refractivity contribution is -0.113. The van der Waals surface area contributed by atoms with Crippen LogP contribution in [0.1, 0.15) is 17.0 Å². The number of H-pyrrole nitrogens is 1. The van der Waals surface area contributed by atoms with E-state index in [9.17, 15) is 4.79 Å². The molecule has 158 valence electrons. The molecule has 2 N–H and O–H groups in total. The van der Waals surface area contributed by atoms with Crippen molar-refractivity contribution in [3.05, 3.63) is 70.9 Å². The summed E-state index contributed by atoms with van der Waals surface area (Å²) in [5, 5.41) is 12.8. The van der Waals surface area contributed by atoms with E-state index >= 15 is 0 Å². The van der Waals surface area contributed by atoms with Crippen molar-refractivity contribution in [1.82, 2.24) is 20.2 Å². The van der Waals surface area contributed by atoms with Crippen LogP contribution in [-0.2, 0) is 11.4 Å². The Balaban J connectivity index is 1.27. The number of carbonyl (C=O) groups is 1. The average Bonchev–Trinajstić information content (AvgIpc) is 3.42. The Kier molecular flexibility index (Phi) is 6.63. The molecule has 9 heteroatoms. The van der Waals surface area contributed by atoms with Crippen LogP contribution in [0.4, 0.5) is 5.13 Å². The highest BCUT2D eigenvalue weighted by Crippen LogP contribution is 2.25. The summed E-state index contributed by atoms with van der Waals surface area (Å²) in [4.78, 5) is 21.1. The highest BCUT2D eigenvalue weighted by Gasteiger charge is 2.12. The van der Waals surface area contributed by atoms with Crippen LogP contribution in [0.15, 0.2) is 59.1 Å². The van der Waals surface area contributed by atoms with Crippen molar-refractivity contribution in [2.75, 3.05) is 11.1 Å². The van der Waals surface area contributed by atoms with E-state index in [-0.39, 0.29) is 18.3 Å². The van der Waals surface area contributed by atoms with Crippen molar-refractivity contribution in [3.8, 4) is 17.0 Å². The van der Waals surface area contributed by atoms with E-state index < -0.39 is 0 Å². The van der Waals surface area contributed by atoms with E-state index in [1.165, 1.54) is 23.1 Å². The van der Waals surface area contributed by atoms with Crippen LogP contribution < -0.4 is 10.1 Å². The van der Waals surface area contributed by atoms with Crippen molar-refractivity contribution >= 4 is 34.1 Å². The molecule has 31 heavy (non-hydrogen) atoms. The fraction of sp³-hybridized carbons (Fsp3) is 0.182. The van der Waals surface area contributed by atoms with Gasteiger partial charge in [0, 0.05) is 10.9 Å². The van der Waals surface area contributed by atoms with Gasteiger partial charge in [0.1, 0.15) is 12.4 Å². The molecule has 0 aliphatic heterocycles. The zero-order valence-corrected chi connectivity index (χ0v) is 18.7. The van der Waals surface area contributed by atoms with Crippen LogP contribution in [0.5, 0.6) is 5.75 Å². The number of thiazole rings is 1. The number of thioether (sulfide) groups is 1. The first-order valence-corrected chi connectivity index (χ1v) is 11.5. The molecule has 0 fully saturated rings. The second kappa shape index (κ2) is 9.76. The van der Waals surface area contributed by atoms with Gasteiger partial charge in [-0.15, -0.1) is 16.4 Å². The minimum atomic E-state index is -0.155. The number of para-hydroxylation sites is 1. The minimum Gasteiger partial charge on any atom is -0.485 e. The summed E-state index contributed by atoms with van der Waals surface area (Å²) in [6.07, 6.45) is 0. The summed E-state index contributed by atoms with van der Waals surface area (Å²) in [7, 11) is 0. The number of nitrogens with zero attached hydrogens (tertiary/aromatic N) is 3. The largest absolute Gasteiger partial charge is 0.485 e. The molecule has 0 aliphatic carbocycles. The molecule has 0 spiro atoms. The molecule has 0 bridgehead atoms. The van der Waals surface area contributed by atoms with Crippen molar-refractivity contribution < 1.29 is 9.53 Å². The number of aromatic nitrogens is 4. The number of hydrogen-bond acceptors (Lipinski definition) is 7. The molecule has 2 heterocycles. The zero-order valence-electron chi connectivity index (χ0n) is 17.1. The van der Waals surface area contributed by atoms with Crippen LogP contribution in [-0.4, -0.2) is 31.8 Å². The van der Waals surface area contributed by atoms with Gasteiger partial charge in [-0.2, -0.15) is 0 Å². The number of aryl methyl sites for hydroxylation is 2. The highest BCUT2D eigenvalue weighted by atomic mass is 32.2. The van der Waals surface area contributed by atoms with Crippen LogP contribution in [0, 0.1) is 13.8 Å². The van der Waals surface area contributed by atoms with Gasteiger partial charge in [-0.1, -0.05) is 60.3 Å². The van der Waals surface area contributed by atoms with E-state index in [2.05, 4.69) is 25.5 Å². The van der Waals surface area contributed by atoms with E-state index in [0.717, 1.165) is 28.1 Å². The van der Waals surface area contributed by atoms with Gasteiger partial charge in [-0.25, -0.2) is 9.97 Å². The Morgan fingerprint density at radius 2 is 1.87 bits per heavy atom. The van der Waals surface area contributed by atoms with Crippen LogP contribution in [0.25, 0.3) is 11.3 Å². The molecule has 0 saturated heterocycles. The van der Waals surface area contributed by atoms with E-state index in [4.69, 9.17) is 4.74 Å². The number of aromatic amines is 1. The number of amides is 1. The van der Waals surface area contributed by atoms with Gasteiger partial charge in [-0.3, -0.25) is 9.89 Å². The van der Waals surface area contributed by atoms with E-state index in [1.807, 2.05) is 67.8 Å². The number of nitrogens with one attached hydrogen (secondary N) is 2. The number of rotatable bonds is 8. The maximum absolute atomic E-state index is 12.3. The van der Waals surface area contributed by atoms with E-state index in [0.29, 0.717) is 16.1 Å². The Morgan fingerprint density at radius 3 is 2.65 bits per heavy atom. The summed E-state index contributed by atoms with van der Waals surface area (Å²) in [6, 6.07) is 15.9. The highest BCUT2D eigenvalue weighted by molar-refractivity contribution is 7.99. The summed E-state index contributed by atoms with van der Waals surface area (Å²) in [5.74, 6) is 1.50. The minimum absolute atomic E-state index is 0.155. The van der Waals surface area contributed by atoms with Crippen molar-refractivity contribution in [3.63, 3.8) is 0 Å². The summed E-state index contributed by atoms with van der Waals surface area (Å²) >= 11 is 2.65. The Morgan fingerprint density at radius 1 is 1.10 bits per heavy atom. The fourth-order valence-corrected chi connectivity index (χ4v) is 4.29. The van der Waals surface area contributed by atoms with Gasteiger partial charge in [-0.05, 0) is 25.0 Å². The molecule has 4 rings (SSSR count). The van der Waals surface area contributed by atoms with Gasteiger partial charge >= 0.3 is 0 Å². The molecule has 0 saturated carbocycles. The quantitative estimate of drug-likeness (QED) is 0.372. The molecule has 2 aromatic carbocycles. The molecule has 7 nitrogen and oxygen atoms in total. The number of ether oxygens (including phenoxy) is 1. The average molecular weight is 452 g/mol. The molecule has 0 radical (unpaired) electrons. The lowest BCUT2D eigenvalue weighted by atomic mass is 10.1. The fourth-order valence-electron chi connectivity index (χ4n) is 2.93. The third-order valence-corrected chi connectivity index (χ3v) is 6.03. The summed E-state index contributed by atoms with van der Waals surface area (Å²) < 4.78 is 5.88. The smallest absolute Gasteiger partial charge is 0.236 e. The van der Waals surface area contributed by atoms with Gasteiger partial charge in [0.15, 0.2) is 11.0 Å². The second-order valence-corrected chi connectivity index (χ2v) is 8.62. The summed E-state index contributed by atoms with van der Waals surface area (Å²) in [5.41, 5.74) is 4.01. The van der Waals surface area contributed by atoms with Crippen molar-refractivity contribution in [2.24, 2.45) is 0 Å². The first-order chi connectivity index (χ1) is 15.1. The molecular formula is C22H21N5O2S2. The Hall–Kier alpha value is -3.17. The Bertz CT molecular complexity index is 1150. The Labute approximate surface area is 188 Å². The maximum atomic E-state index is 12.3. The molecule has 2 aromatic heterocycles. The summed E-state index contributed by atoms with van der Waals surface area (Å²) in [6.45, 7) is 4.30. The molecule has 1 amide bonds. The van der Waals surface area contributed by atoms with Gasteiger partial charge in [0.2, 0.25) is 11.1 Å². The third-order valence-electron chi connectivity index (χ3n) is 4.43. The lowest BCUT2D eigenvalue weighted by Crippen LogP contribution is -2.13. The lowest BCUT2D eigenvalue weighted by Gasteiger charge is -2.10. The molecule has 0 atom stereocenters. The molecular weight excluding hydrogens is 430 g/mol. The van der Waals surface area contributed by atoms with Gasteiger partial charge in [0.05, 0.1) is 11.4 Å². The normalized spacial score (nSPS) is 10.8. The second-order valence-electron chi connectivity index (χ2n) is 6.82. The van der Waals surface area contributed by atoms with Gasteiger partial charge < -0.3 is 10.1 Å². The number of benzene rings is 2. The maximum Gasteiger partial charge on any atom is 0.236 e. The van der Waals surface area contributed by atoms with Crippen molar-refractivity contribution in [1.29, 1.82) is 0 Å². The first kappa shape index (κ1) is 21.1. The number of anilines is 1. The number of carbonyl (C=O) groups excluding carboxylic acids is 1. The number of hydrogen-bond donors (Lipinski definition) is 2. The van der Waals surface area contributed by atoms with E-state index in [1.54, 1.807) is 0 Å². The predicted molar refractivity (Wildman–Crippen MR) is 124 cm³/mol.